The molecule has 1 aromatic heterocycles. The number of hydrogen-bond donors (Lipinski definition) is 2. The maximum atomic E-state index is 13.2. The first-order valence-electron chi connectivity index (χ1n) is 7.69. The van der Waals surface area contributed by atoms with Crippen molar-refractivity contribution < 1.29 is 18.3 Å². The van der Waals surface area contributed by atoms with E-state index in [4.69, 9.17) is 4.74 Å². The molecule has 1 aliphatic rings. The zero-order valence-electron chi connectivity index (χ0n) is 12.9. The van der Waals surface area contributed by atoms with Gasteiger partial charge in [0.15, 0.2) is 11.6 Å². The molecule has 1 unspecified atom stereocenters. The quantitative estimate of drug-likeness (QED) is 0.883. The van der Waals surface area contributed by atoms with Gasteiger partial charge in [-0.15, -0.1) is 0 Å². The molecule has 1 atom stereocenters. The van der Waals surface area contributed by atoms with E-state index in [0.717, 1.165) is 31.6 Å². The Hall–Kier alpha value is -2.54. The largest absolute Gasteiger partial charge is 0.376 e. The predicted molar refractivity (Wildman–Crippen MR) is 85.2 cm³/mol. The van der Waals surface area contributed by atoms with Gasteiger partial charge in [0, 0.05) is 31.1 Å². The Balaban J connectivity index is 1.64. The minimum Gasteiger partial charge on any atom is -0.376 e. The molecule has 7 heteroatoms. The SMILES string of the molecule is O=C(NCC1CCCO1)c1cncc(Nc2ccc(F)c(F)c2)c1. The molecule has 0 radical (unpaired) electrons. The Kier molecular flexibility index (Phi) is 5.00. The van der Waals surface area contributed by atoms with Gasteiger partial charge < -0.3 is 15.4 Å². The summed E-state index contributed by atoms with van der Waals surface area (Å²) in [4.78, 5) is 16.2. The van der Waals surface area contributed by atoms with Crippen LogP contribution in [0.3, 0.4) is 0 Å². The van der Waals surface area contributed by atoms with Crippen molar-refractivity contribution in [3.63, 3.8) is 0 Å². The average Bonchev–Trinajstić information content (AvgIpc) is 3.10. The second-order valence-electron chi connectivity index (χ2n) is 5.56. The summed E-state index contributed by atoms with van der Waals surface area (Å²) >= 11 is 0. The Morgan fingerprint density at radius 2 is 2.08 bits per heavy atom. The Morgan fingerprint density at radius 1 is 1.21 bits per heavy atom. The molecule has 2 heterocycles. The van der Waals surface area contributed by atoms with Crippen LogP contribution in [0.25, 0.3) is 0 Å². The summed E-state index contributed by atoms with van der Waals surface area (Å²) < 4.78 is 31.6. The second kappa shape index (κ2) is 7.35. The van der Waals surface area contributed by atoms with Crippen LogP contribution in [0.1, 0.15) is 23.2 Å². The van der Waals surface area contributed by atoms with Gasteiger partial charge in [0.2, 0.25) is 0 Å². The van der Waals surface area contributed by atoms with Gasteiger partial charge in [-0.2, -0.15) is 0 Å². The number of nitrogens with zero attached hydrogens (tertiary/aromatic N) is 1. The molecule has 1 aromatic carbocycles. The highest BCUT2D eigenvalue weighted by molar-refractivity contribution is 5.94. The summed E-state index contributed by atoms with van der Waals surface area (Å²) in [5.74, 6) is -2.12. The molecule has 5 nitrogen and oxygen atoms in total. The molecule has 1 aliphatic heterocycles. The maximum Gasteiger partial charge on any atom is 0.253 e. The number of rotatable bonds is 5. The van der Waals surface area contributed by atoms with E-state index in [1.165, 1.54) is 18.5 Å². The number of nitrogens with one attached hydrogen (secondary N) is 2. The molecule has 1 saturated heterocycles. The molecule has 2 aromatic rings. The molecular weight excluding hydrogens is 316 g/mol. The van der Waals surface area contributed by atoms with Crippen LogP contribution in [0.2, 0.25) is 0 Å². The van der Waals surface area contributed by atoms with Gasteiger partial charge in [-0.3, -0.25) is 9.78 Å². The minimum absolute atomic E-state index is 0.0606. The van der Waals surface area contributed by atoms with Crippen molar-refractivity contribution in [1.82, 2.24) is 10.3 Å². The van der Waals surface area contributed by atoms with Crippen molar-refractivity contribution in [2.75, 3.05) is 18.5 Å². The zero-order valence-corrected chi connectivity index (χ0v) is 12.9. The fourth-order valence-corrected chi connectivity index (χ4v) is 2.49. The summed E-state index contributed by atoms with van der Waals surface area (Å²) in [6.45, 7) is 1.19. The summed E-state index contributed by atoms with van der Waals surface area (Å²) in [5, 5.41) is 5.70. The van der Waals surface area contributed by atoms with E-state index >= 15 is 0 Å². The standard InChI is InChI=1S/C17H17F2N3O2/c18-15-4-3-12(7-16(15)19)22-13-6-11(8-20-9-13)17(23)21-10-14-2-1-5-24-14/h3-4,6-9,14,22H,1-2,5,10H2,(H,21,23). The van der Waals surface area contributed by atoms with Crippen LogP contribution in [-0.4, -0.2) is 30.1 Å². The second-order valence-corrected chi connectivity index (χ2v) is 5.56. The topological polar surface area (TPSA) is 63.2 Å². The van der Waals surface area contributed by atoms with Crippen molar-refractivity contribution in [3.05, 3.63) is 53.9 Å². The van der Waals surface area contributed by atoms with E-state index in [9.17, 15) is 13.6 Å². The van der Waals surface area contributed by atoms with Crippen LogP contribution in [0, 0.1) is 11.6 Å². The number of benzene rings is 1. The summed E-state index contributed by atoms with van der Waals surface area (Å²) in [6, 6.07) is 5.07. The molecular formula is C17H17F2N3O2. The Morgan fingerprint density at radius 3 is 2.83 bits per heavy atom. The van der Waals surface area contributed by atoms with Crippen molar-refractivity contribution in [1.29, 1.82) is 0 Å². The van der Waals surface area contributed by atoms with Crippen molar-refractivity contribution >= 4 is 17.3 Å². The van der Waals surface area contributed by atoms with Crippen LogP contribution in [0.5, 0.6) is 0 Å². The molecule has 24 heavy (non-hydrogen) atoms. The normalized spacial score (nSPS) is 16.8. The first kappa shape index (κ1) is 16.3. The lowest BCUT2D eigenvalue weighted by Crippen LogP contribution is -2.31. The fourth-order valence-electron chi connectivity index (χ4n) is 2.49. The number of aromatic nitrogens is 1. The van der Waals surface area contributed by atoms with Crippen LogP contribution in [0.15, 0.2) is 36.7 Å². The van der Waals surface area contributed by atoms with Crippen molar-refractivity contribution in [3.8, 4) is 0 Å². The monoisotopic (exact) mass is 333 g/mol. The Bertz CT molecular complexity index is 734. The summed E-state index contributed by atoms with van der Waals surface area (Å²) in [5.41, 5.74) is 1.25. The molecule has 2 N–H and O–H groups in total. The first-order chi connectivity index (χ1) is 11.6. The lowest BCUT2D eigenvalue weighted by Gasteiger charge is -2.11. The van der Waals surface area contributed by atoms with E-state index in [0.29, 0.717) is 23.5 Å². The third-order valence-corrected chi connectivity index (χ3v) is 3.72. The Labute approximate surface area is 138 Å². The molecule has 0 spiro atoms. The highest BCUT2D eigenvalue weighted by Crippen LogP contribution is 2.19. The third-order valence-electron chi connectivity index (χ3n) is 3.72. The lowest BCUT2D eigenvalue weighted by molar-refractivity contribution is 0.0857. The zero-order chi connectivity index (χ0) is 16.9. The number of pyridine rings is 1. The van der Waals surface area contributed by atoms with Gasteiger partial charge in [-0.05, 0) is 31.0 Å². The summed E-state index contributed by atoms with van der Waals surface area (Å²) in [7, 11) is 0. The van der Waals surface area contributed by atoms with Crippen LogP contribution in [-0.2, 0) is 4.74 Å². The van der Waals surface area contributed by atoms with Gasteiger partial charge >= 0.3 is 0 Å². The third kappa shape index (κ3) is 4.05. The molecule has 0 aliphatic carbocycles. The molecule has 1 amide bonds. The first-order valence-corrected chi connectivity index (χ1v) is 7.69. The van der Waals surface area contributed by atoms with E-state index in [1.54, 1.807) is 6.07 Å². The summed E-state index contributed by atoms with van der Waals surface area (Å²) in [6.07, 6.45) is 4.95. The van der Waals surface area contributed by atoms with E-state index in [-0.39, 0.29) is 12.0 Å². The highest BCUT2D eigenvalue weighted by Gasteiger charge is 2.17. The average molecular weight is 333 g/mol. The smallest absolute Gasteiger partial charge is 0.253 e. The lowest BCUT2D eigenvalue weighted by atomic mass is 10.2. The van der Waals surface area contributed by atoms with Gasteiger partial charge in [0.05, 0.1) is 23.6 Å². The van der Waals surface area contributed by atoms with Gasteiger partial charge in [0.25, 0.3) is 5.91 Å². The maximum absolute atomic E-state index is 13.2. The molecule has 126 valence electrons. The number of hydrogen-bond acceptors (Lipinski definition) is 4. The van der Waals surface area contributed by atoms with Gasteiger partial charge in [-0.25, -0.2) is 8.78 Å². The van der Waals surface area contributed by atoms with E-state index in [2.05, 4.69) is 15.6 Å². The number of ether oxygens (including phenoxy) is 1. The predicted octanol–water partition coefficient (Wildman–Crippen LogP) is 3.01. The van der Waals surface area contributed by atoms with Crippen LogP contribution >= 0.6 is 0 Å². The molecule has 0 bridgehead atoms. The number of anilines is 2. The van der Waals surface area contributed by atoms with E-state index < -0.39 is 11.6 Å². The van der Waals surface area contributed by atoms with Gasteiger partial charge in [-0.1, -0.05) is 0 Å². The molecule has 0 saturated carbocycles. The van der Waals surface area contributed by atoms with Crippen LogP contribution < -0.4 is 10.6 Å². The minimum atomic E-state index is -0.946. The molecule has 1 fully saturated rings. The number of halogens is 2. The van der Waals surface area contributed by atoms with Crippen molar-refractivity contribution in [2.24, 2.45) is 0 Å². The van der Waals surface area contributed by atoms with E-state index in [1.807, 2.05) is 0 Å². The molecule has 3 rings (SSSR count). The highest BCUT2D eigenvalue weighted by atomic mass is 19.2. The van der Waals surface area contributed by atoms with Crippen molar-refractivity contribution in [2.45, 2.75) is 18.9 Å². The fraction of sp³-hybridized carbons (Fsp3) is 0.294. The number of carbonyl (C=O) groups is 1. The number of amides is 1. The van der Waals surface area contributed by atoms with Crippen LogP contribution in [0.4, 0.5) is 20.2 Å². The number of carbonyl (C=O) groups excluding carboxylic acids is 1. The van der Waals surface area contributed by atoms with Gasteiger partial charge in [0.1, 0.15) is 0 Å².